The van der Waals surface area contributed by atoms with Crippen LogP contribution in [0.25, 0.3) is 0 Å². The quantitative estimate of drug-likeness (QED) is 0.765. The number of hydrogen-bond donors (Lipinski definition) is 2. The molecule has 0 fully saturated rings. The van der Waals surface area contributed by atoms with Crippen LogP contribution in [-0.4, -0.2) is 17.4 Å². The minimum atomic E-state index is -0.121. The second kappa shape index (κ2) is 8.17. The molecule has 0 spiro atoms. The first-order valence-corrected chi connectivity index (χ1v) is 7.76. The molecule has 1 amide bonds. The lowest BCUT2D eigenvalue weighted by molar-refractivity contribution is 0.0948. The minimum Gasteiger partial charge on any atom is -0.378 e. The molecule has 1 heterocycles. The molecule has 0 aliphatic heterocycles. The van der Waals surface area contributed by atoms with Crippen LogP contribution >= 0.6 is 0 Å². The molecule has 2 aromatic rings. The summed E-state index contributed by atoms with van der Waals surface area (Å²) in [6.07, 6.45) is 3.70. The van der Waals surface area contributed by atoms with Crippen molar-refractivity contribution < 1.29 is 4.79 Å². The number of benzene rings is 1. The molecule has 1 aromatic carbocycles. The van der Waals surface area contributed by atoms with Gasteiger partial charge in [-0.25, -0.2) is 0 Å². The van der Waals surface area contributed by atoms with Gasteiger partial charge in [0.15, 0.2) is 0 Å². The van der Waals surface area contributed by atoms with Crippen molar-refractivity contribution in [3.05, 3.63) is 59.9 Å². The number of nitrogens with one attached hydrogen (secondary N) is 2. The number of anilines is 1. The van der Waals surface area contributed by atoms with Gasteiger partial charge in [-0.1, -0.05) is 43.7 Å². The molecular formula is C18H23N3O. The first-order chi connectivity index (χ1) is 10.7. The summed E-state index contributed by atoms with van der Waals surface area (Å²) in [6.45, 7) is 4.88. The van der Waals surface area contributed by atoms with Crippen LogP contribution < -0.4 is 10.6 Å². The van der Waals surface area contributed by atoms with Crippen molar-refractivity contribution in [1.29, 1.82) is 0 Å². The Bertz CT molecular complexity index is 598. The Hall–Kier alpha value is -2.36. The topological polar surface area (TPSA) is 54.0 Å². The van der Waals surface area contributed by atoms with Crippen molar-refractivity contribution in [1.82, 2.24) is 10.3 Å². The first-order valence-electron chi connectivity index (χ1n) is 7.76. The highest BCUT2D eigenvalue weighted by molar-refractivity contribution is 5.93. The van der Waals surface area contributed by atoms with E-state index in [2.05, 4.69) is 41.6 Å². The number of aromatic nitrogens is 1. The maximum Gasteiger partial charge on any atom is 0.269 e. The highest BCUT2D eigenvalue weighted by atomic mass is 16.1. The van der Waals surface area contributed by atoms with E-state index in [0.717, 1.165) is 18.5 Å². The summed E-state index contributed by atoms with van der Waals surface area (Å²) < 4.78 is 0. The molecule has 2 rings (SSSR count). The Morgan fingerprint density at radius 3 is 2.73 bits per heavy atom. The van der Waals surface area contributed by atoms with Gasteiger partial charge in [-0.15, -0.1) is 0 Å². The van der Waals surface area contributed by atoms with Gasteiger partial charge in [-0.3, -0.25) is 9.78 Å². The van der Waals surface area contributed by atoms with Crippen LogP contribution in [0, 0.1) is 0 Å². The number of nitrogens with zero attached hydrogens (tertiary/aromatic N) is 1. The van der Waals surface area contributed by atoms with E-state index < -0.39 is 0 Å². The van der Waals surface area contributed by atoms with E-state index in [9.17, 15) is 4.79 Å². The van der Waals surface area contributed by atoms with E-state index in [4.69, 9.17) is 0 Å². The van der Waals surface area contributed by atoms with E-state index in [-0.39, 0.29) is 11.9 Å². The van der Waals surface area contributed by atoms with Crippen molar-refractivity contribution in [2.75, 3.05) is 11.9 Å². The van der Waals surface area contributed by atoms with Crippen LogP contribution in [0.1, 0.15) is 48.8 Å². The fourth-order valence-corrected chi connectivity index (χ4v) is 2.19. The third-order valence-corrected chi connectivity index (χ3v) is 3.49. The molecule has 1 atom stereocenters. The third kappa shape index (κ3) is 4.58. The van der Waals surface area contributed by atoms with Crippen molar-refractivity contribution in [3.8, 4) is 0 Å². The van der Waals surface area contributed by atoms with Gasteiger partial charge in [0.25, 0.3) is 5.91 Å². The van der Waals surface area contributed by atoms with Crippen LogP contribution in [-0.2, 0) is 0 Å². The Morgan fingerprint density at radius 1 is 1.23 bits per heavy atom. The molecule has 4 nitrogen and oxygen atoms in total. The van der Waals surface area contributed by atoms with E-state index in [0.29, 0.717) is 12.2 Å². The fourth-order valence-electron chi connectivity index (χ4n) is 2.19. The van der Waals surface area contributed by atoms with Crippen molar-refractivity contribution in [2.24, 2.45) is 0 Å². The molecule has 0 aliphatic rings. The Morgan fingerprint density at radius 2 is 2.00 bits per heavy atom. The standard InChI is InChI=1S/C18H23N3O/c1-3-4-11-20-18(22)17-13-16(10-12-19-17)21-14(2)15-8-6-5-7-9-15/h5-10,12-14H,3-4,11H2,1-2H3,(H,19,21)(H,20,22). The highest BCUT2D eigenvalue weighted by Gasteiger charge is 2.09. The summed E-state index contributed by atoms with van der Waals surface area (Å²) in [5, 5.41) is 6.28. The lowest BCUT2D eigenvalue weighted by Gasteiger charge is -2.16. The molecule has 0 saturated heterocycles. The Kier molecular flexibility index (Phi) is 5.95. The van der Waals surface area contributed by atoms with Gasteiger partial charge in [-0.05, 0) is 31.0 Å². The average molecular weight is 297 g/mol. The number of rotatable bonds is 7. The maximum atomic E-state index is 12.0. The average Bonchev–Trinajstić information content (AvgIpc) is 2.56. The second-order valence-electron chi connectivity index (χ2n) is 5.32. The van der Waals surface area contributed by atoms with Gasteiger partial charge >= 0.3 is 0 Å². The van der Waals surface area contributed by atoms with E-state index >= 15 is 0 Å². The lowest BCUT2D eigenvalue weighted by Crippen LogP contribution is -2.25. The maximum absolute atomic E-state index is 12.0. The SMILES string of the molecule is CCCCNC(=O)c1cc(NC(C)c2ccccc2)ccn1. The molecule has 1 unspecified atom stereocenters. The zero-order valence-corrected chi connectivity index (χ0v) is 13.2. The number of carbonyl (C=O) groups is 1. The zero-order chi connectivity index (χ0) is 15.8. The Labute approximate surface area is 132 Å². The summed E-state index contributed by atoms with van der Waals surface area (Å²) in [4.78, 5) is 16.2. The minimum absolute atomic E-state index is 0.121. The van der Waals surface area contributed by atoms with Crippen LogP contribution in [0.4, 0.5) is 5.69 Å². The molecule has 0 saturated carbocycles. The molecule has 0 radical (unpaired) electrons. The molecule has 4 heteroatoms. The van der Waals surface area contributed by atoms with E-state index in [1.807, 2.05) is 24.3 Å². The third-order valence-electron chi connectivity index (χ3n) is 3.49. The van der Waals surface area contributed by atoms with Crippen LogP contribution in [0.5, 0.6) is 0 Å². The molecule has 1 aromatic heterocycles. The summed E-state index contributed by atoms with van der Waals surface area (Å²) in [7, 11) is 0. The molecule has 0 aliphatic carbocycles. The normalized spacial score (nSPS) is 11.7. The van der Waals surface area contributed by atoms with Crippen molar-refractivity contribution in [2.45, 2.75) is 32.7 Å². The fraction of sp³-hybridized carbons (Fsp3) is 0.333. The first kappa shape index (κ1) is 16.0. The van der Waals surface area contributed by atoms with E-state index in [1.54, 1.807) is 12.3 Å². The highest BCUT2D eigenvalue weighted by Crippen LogP contribution is 2.19. The van der Waals surface area contributed by atoms with Gasteiger partial charge in [0.2, 0.25) is 0 Å². The van der Waals surface area contributed by atoms with Gasteiger partial charge in [0.1, 0.15) is 5.69 Å². The molecule has 22 heavy (non-hydrogen) atoms. The molecule has 0 bridgehead atoms. The van der Waals surface area contributed by atoms with Crippen molar-refractivity contribution >= 4 is 11.6 Å². The lowest BCUT2D eigenvalue weighted by atomic mass is 10.1. The number of pyridine rings is 1. The van der Waals surface area contributed by atoms with Crippen molar-refractivity contribution in [3.63, 3.8) is 0 Å². The number of amides is 1. The van der Waals surface area contributed by atoms with Gasteiger partial charge < -0.3 is 10.6 Å². The van der Waals surface area contributed by atoms with E-state index in [1.165, 1.54) is 5.56 Å². The zero-order valence-electron chi connectivity index (χ0n) is 13.2. The van der Waals surface area contributed by atoms with Gasteiger partial charge in [0, 0.05) is 24.5 Å². The molecular weight excluding hydrogens is 274 g/mol. The number of hydrogen-bond acceptors (Lipinski definition) is 3. The number of carbonyl (C=O) groups excluding carboxylic acids is 1. The predicted molar refractivity (Wildman–Crippen MR) is 90.0 cm³/mol. The smallest absolute Gasteiger partial charge is 0.269 e. The largest absolute Gasteiger partial charge is 0.378 e. The van der Waals surface area contributed by atoms with Crippen LogP contribution in [0.3, 0.4) is 0 Å². The monoisotopic (exact) mass is 297 g/mol. The molecule has 2 N–H and O–H groups in total. The van der Waals surface area contributed by atoms with Crippen LogP contribution in [0.15, 0.2) is 48.7 Å². The number of unbranched alkanes of at least 4 members (excludes halogenated alkanes) is 1. The Balaban J connectivity index is 2.00. The summed E-state index contributed by atoms with van der Waals surface area (Å²) in [5.41, 5.74) is 2.54. The van der Waals surface area contributed by atoms with Gasteiger partial charge in [0.05, 0.1) is 0 Å². The predicted octanol–water partition coefficient (Wildman–Crippen LogP) is 3.78. The summed E-state index contributed by atoms with van der Waals surface area (Å²) in [6, 6.07) is 14.0. The molecule has 116 valence electrons. The van der Waals surface area contributed by atoms with Crippen LogP contribution in [0.2, 0.25) is 0 Å². The summed E-state index contributed by atoms with van der Waals surface area (Å²) in [5.74, 6) is -0.121. The summed E-state index contributed by atoms with van der Waals surface area (Å²) >= 11 is 0. The van der Waals surface area contributed by atoms with Gasteiger partial charge in [-0.2, -0.15) is 0 Å². The second-order valence-corrected chi connectivity index (χ2v) is 5.32.